The van der Waals surface area contributed by atoms with Crippen LogP contribution in [0, 0.1) is 11.8 Å². The topological polar surface area (TPSA) is 64.0 Å². The van der Waals surface area contributed by atoms with Gasteiger partial charge < -0.3 is 5.32 Å². The van der Waals surface area contributed by atoms with Gasteiger partial charge in [-0.05, 0) is 43.2 Å². The van der Waals surface area contributed by atoms with Gasteiger partial charge in [0.25, 0.3) is 5.56 Å². The molecule has 2 aromatic rings. The van der Waals surface area contributed by atoms with Crippen LogP contribution in [0.3, 0.4) is 0 Å². The van der Waals surface area contributed by atoms with Crippen molar-refractivity contribution >= 4 is 28.6 Å². The third kappa shape index (κ3) is 3.91. The lowest BCUT2D eigenvalue weighted by Crippen LogP contribution is -2.44. The molecule has 1 amide bonds. The molecule has 1 N–H and O–H groups in total. The first kappa shape index (κ1) is 18.5. The first-order valence-corrected chi connectivity index (χ1v) is 11.0. The number of fused-ring (bicyclic) bond motifs is 1. The number of carbonyl (C=O) groups is 1. The van der Waals surface area contributed by atoms with E-state index in [1.54, 1.807) is 4.57 Å². The lowest BCUT2D eigenvalue weighted by Gasteiger charge is -2.34. The van der Waals surface area contributed by atoms with Crippen LogP contribution in [0.25, 0.3) is 10.9 Å². The number of hydrogen-bond acceptors (Lipinski definition) is 4. The highest BCUT2D eigenvalue weighted by molar-refractivity contribution is 7.99. The monoisotopic (exact) mass is 385 g/mol. The molecule has 2 saturated carbocycles. The van der Waals surface area contributed by atoms with Crippen molar-refractivity contribution in [2.45, 2.75) is 63.2 Å². The van der Waals surface area contributed by atoms with Crippen molar-refractivity contribution in [1.29, 1.82) is 0 Å². The molecule has 2 aliphatic rings. The van der Waals surface area contributed by atoms with Crippen molar-refractivity contribution in [1.82, 2.24) is 14.9 Å². The largest absolute Gasteiger partial charge is 0.352 e. The Kier molecular flexibility index (Phi) is 5.26. The minimum Gasteiger partial charge on any atom is -0.352 e. The van der Waals surface area contributed by atoms with Crippen molar-refractivity contribution in [3.8, 4) is 0 Å². The minimum absolute atomic E-state index is 0.0146. The second-order valence-corrected chi connectivity index (χ2v) is 8.99. The molecule has 2 fully saturated rings. The van der Waals surface area contributed by atoms with Crippen LogP contribution >= 0.6 is 11.8 Å². The second kappa shape index (κ2) is 7.66. The maximum Gasteiger partial charge on any atom is 0.262 e. The van der Waals surface area contributed by atoms with Crippen LogP contribution in [0.2, 0.25) is 0 Å². The Hall–Kier alpha value is -1.82. The van der Waals surface area contributed by atoms with E-state index in [9.17, 15) is 9.59 Å². The number of benzene rings is 1. The maximum atomic E-state index is 12.9. The standard InChI is InChI=1S/C21H27N3O2S/c1-13-6-5-9-17(14(13)2)22-19(25)12-27-21-23-18-8-4-3-7-16(18)20(26)24(21)15-10-11-15/h3-4,7-8,13-15,17H,5-6,9-12H2,1-2H3,(H,22,25)/t13-,14-,17-/m1/s1. The number of aromatic nitrogens is 2. The summed E-state index contributed by atoms with van der Waals surface area (Å²) in [5.41, 5.74) is 0.720. The molecule has 27 heavy (non-hydrogen) atoms. The Morgan fingerprint density at radius 2 is 2.00 bits per heavy atom. The number of thioether (sulfide) groups is 1. The predicted octanol–water partition coefficient (Wildman–Crippen LogP) is 3.76. The molecular formula is C21H27N3O2S. The third-order valence-electron chi connectivity index (χ3n) is 6.07. The van der Waals surface area contributed by atoms with E-state index in [2.05, 4.69) is 24.1 Å². The van der Waals surface area contributed by atoms with Gasteiger partial charge in [-0.2, -0.15) is 0 Å². The summed E-state index contributed by atoms with van der Waals surface area (Å²) in [5.74, 6) is 1.50. The molecule has 0 saturated heterocycles. The molecule has 0 aliphatic heterocycles. The Bertz CT molecular complexity index is 906. The van der Waals surface area contributed by atoms with Crippen LogP contribution in [0.4, 0.5) is 0 Å². The number of para-hydroxylation sites is 1. The summed E-state index contributed by atoms with van der Waals surface area (Å²) in [6.07, 6.45) is 5.51. The molecule has 144 valence electrons. The predicted molar refractivity (Wildman–Crippen MR) is 109 cm³/mol. The van der Waals surface area contributed by atoms with Gasteiger partial charge in [0.2, 0.25) is 5.91 Å². The number of nitrogens with one attached hydrogen (secondary N) is 1. The number of hydrogen-bond donors (Lipinski definition) is 1. The molecule has 4 rings (SSSR count). The normalized spacial score (nSPS) is 25.5. The molecule has 0 radical (unpaired) electrons. The molecule has 5 nitrogen and oxygen atoms in total. The van der Waals surface area contributed by atoms with Crippen molar-refractivity contribution in [3.63, 3.8) is 0 Å². The number of carbonyl (C=O) groups excluding carboxylic acids is 1. The first-order valence-electron chi connectivity index (χ1n) is 9.98. The molecule has 0 unspecified atom stereocenters. The highest BCUT2D eigenvalue weighted by atomic mass is 32.2. The average Bonchev–Trinajstić information content (AvgIpc) is 3.49. The highest BCUT2D eigenvalue weighted by Gasteiger charge is 2.30. The van der Waals surface area contributed by atoms with Gasteiger partial charge in [0.05, 0.1) is 16.7 Å². The van der Waals surface area contributed by atoms with E-state index < -0.39 is 0 Å². The molecule has 0 spiro atoms. The van der Waals surface area contributed by atoms with Gasteiger partial charge in [-0.3, -0.25) is 14.2 Å². The number of rotatable bonds is 5. The highest BCUT2D eigenvalue weighted by Crippen LogP contribution is 2.37. The van der Waals surface area contributed by atoms with Crippen LogP contribution in [-0.2, 0) is 4.79 Å². The van der Waals surface area contributed by atoms with E-state index in [0.717, 1.165) is 19.3 Å². The molecule has 1 aromatic carbocycles. The van der Waals surface area contributed by atoms with E-state index >= 15 is 0 Å². The fourth-order valence-corrected chi connectivity index (χ4v) is 4.92. The van der Waals surface area contributed by atoms with Crippen molar-refractivity contribution in [2.75, 3.05) is 5.75 Å². The fraction of sp³-hybridized carbons (Fsp3) is 0.571. The lowest BCUT2D eigenvalue weighted by molar-refractivity contribution is -0.120. The summed E-state index contributed by atoms with van der Waals surface area (Å²) in [6.45, 7) is 4.50. The zero-order chi connectivity index (χ0) is 19.0. The van der Waals surface area contributed by atoms with E-state index in [-0.39, 0.29) is 23.6 Å². The van der Waals surface area contributed by atoms with Crippen molar-refractivity contribution < 1.29 is 4.79 Å². The van der Waals surface area contributed by atoms with Crippen molar-refractivity contribution in [3.05, 3.63) is 34.6 Å². The van der Waals surface area contributed by atoms with E-state index in [4.69, 9.17) is 0 Å². The van der Waals surface area contributed by atoms with Crippen LogP contribution < -0.4 is 10.9 Å². The zero-order valence-corrected chi connectivity index (χ0v) is 16.8. The number of nitrogens with zero attached hydrogens (tertiary/aromatic N) is 2. The Morgan fingerprint density at radius 3 is 2.78 bits per heavy atom. The zero-order valence-electron chi connectivity index (χ0n) is 16.0. The molecule has 6 heteroatoms. The van der Waals surface area contributed by atoms with Gasteiger partial charge in [-0.1, -0.05) is 50.6 Å². The van der Waals surface area contributed by atoms with Gasteiger partial charge in [-0.15, -0.1) is 0 Å². The van der Waals surface area contributed by atoms with Crippen LogP contribution in [-0.4, -0.2) is 27.3 Å². The smallest absolute Gasteiger partial charge is 0.262 e. The van der Waals surface area contributed by atoms with Crippen LogP contribution in [0.5, 0.6) is 0 Å². The van der Waals surface area contributed by atoms with E-state index in [0.29, 0.717) is 33.6 Å². The average molecular weight is 386 g/mol. The maximum absolute atomic E-state index is 12.9. The number of amides is 1. The molecular weight excluding hydrogens is 358 g/mol. The van der Waals surface area contributed by atoms with Gasteiger partial charge >= 0.3 is 0 Å². The van der Waals surface area contributed by atoms with Crippen LogP contribution in [0.15, 0.2) is 34.2 Å². The van der Waals surface area contributed by atoms with Crippen molar-refractivity contribution in [2.24, 2.45) is 11.8 Å². The third-order valence-corrected chi connectivity index (χ3v) is 7.03. The molecule has 2 aliphatic carbocycles. The summed E-state index contributed by atoms with van der Waals surface area (Å²) < 4.78 is 1.80. The first-order chi connectivity index (χ1) is 13.0. The van der Waals surface area contributed by atoms with Gasteiger partial charge in [-0.25, -0.2) is 4.98 Å². The Labute approximate surface area is 163 Å². The van der Waals surface area contributed by atoms with Gasteiger partial charge in [0.15, 0.2) is 5.16 Å². The summed E-state index contributed by atoms with van der Waals surface area (Å²) in [4.78, 5) is 30.1. The minimum atomic E-state index is 0.0146. The molecule has 1 heterocycles. The SMILES string of the molecule is C[C@@H]1[C@H](C)CCC[C@H]1NC(=O)CSc1nc2ccccc2c(=O)n1C1CC1. The Morgan fingerprint density at radius 1 is 1.22 bits per heavy atom. The summed E-state index contributed by atoms with van der Waals surface area (Å²) in [6, 6.07) is 7.95. The summed E-state index contributed by atoms with van der Waals surface area (Å²) in [5, 5.41) is 4.53. The molecule has 0 bridgehead atoms. The van der Waals surface area contributed by atoms with E-state index in [1.807, 2.05) is 24.3 Å². The Balaban J connectivity index is 1.49. The van der Waals surface area contributed by atoms with Crippen LogP contribution in [0.1, 0.15) is 52.0 Å². The van der Waals surface area contributed by atoms with Gasteiger partial charge in [0.1, 0.15) is 0 Å². The fourth-order valence-electron chi connectivity index (χ4n) is 4.05. The molecule has 1 aromatic heterocycles. The quantitative estimate of drug-likeness (QED) is 0.629. The van der Waals surface area contributed by atoms with Gasteiger partial charge in [0, 0.05) is 12.1 Å². The molecule has 3 atom stereocenters. The summed E-state index contributed by atoms with van der Waals surface area (Å²) >= 11 is 1.38. The lowest BCUT2D eigenvalue weighted by atomic mass is 9.78. The summed E-state index contributed by atoms with van der Waals surface area (Å²) in [7, 11) is 0. The van der Waals surface area contributed by atoms with E-state index in [1.165, 1.54) is 24.6 Å². The second-order valence-electron chi connectivity index (χ2n) is 8.05.